The highest BCUT2D eigenvalue weighted by molar-refractivity contribution is 5.93. The van der Waals surface area contributed by atoms with Gasteiger partial charge >= 0.3 is 5.97 Å². The van der Waals surface area contributed by atoms with Crippen LogP contribution in [0.15, 0.2) is 36.4 Å². The minimum atomic E-state index is -0.966. The van der Waals surface area contributed by atoms with E-state index in [9.17, 15) is 14.3 Å². The van der Waals surface area contributed by atoms with E-state index < -0.39 is 5.97 Å². The number of rotatable bonds is 5. The summed E-state index contributed by atoms with van der Waals surface area (Å²) in [6.45, 7) is 2.09. The van der Waals surface area contributed by atoms with Gasteiger partial charge in [-0.2, -0.15) is 0 Å². The number of fused-ring (bicyclic) bond motifs is 1. The van der Waals surface area contributed by atoms with Crippen molar-refractivity contribution in [1.82, 2.24) is 9.55 Å². The van der Waals surface area contributed by atoms with Gasteiger partial charge in [0, 0.05) is 18.2 Å². The second-order valence-electron chi connectivity index (χ2n) is 7.86. The van der Waals surface area contributed by atoms with Gasteiger partial charge in [0.15, 0.2) is 0 Å². The summed E-state index contributed by atoms with van der Waals surface area (Å²) in [5.74, 6) is -0.493. The van der Waals surface area contributed by atoms with Crippen molar-refractivity contribution in [3.8, 4) is 0 Å². The van der Waals surface area contributed by atoms with Gasteiger partial charge in [0.25, 0.3) is 0 Å². The van der Waals surface area contributed by atoms with E-state index in [1.165, 1.54) is 25.7 Å². The number of imidazole rings is 1. The maximum atomic E-state index is 14.4. The van der Waals surface area contributed by atoms with Crippen LogP contribution in [0.5, 0.6) is 0 Å². The van der Waals surface area contributed by atoms with E-state index in [4.69, 9.17) is 4.98 Å². The van der Waals surface area contributed by atoms with Crippen LogP contribution >= 0.6 is 0 Å². The number of hydrogen-bond donors (Lipinski definition) is 2. The molecule has 0 radical (unpaired) electrons. The smallest absolute Gasteiger partial charge is 0.335 e. The lowest BCUT2D eigenvalue weighted by Gasteiger charge is -2.20. The normalized spacial score (nSPS) is 15.4. The minimum Gasteiger partial charge on any atom is -0.478 e. The number of nitrogens with one attached hydrogen (secondary N) is 1. The first-order valence-corrected chi connectivity index (χ1v) is 10.3. The molecule has 0 aliphatic heterocycles. The summed E-state index contributed by atoms with van der Waals surface area (Å²) in [6, 6.07) is 10.8. The van der Waals surface area contributed by atoms with Crippen molar-refractivity contribution in [2.24, 2.45) is 0 Å². The van der Waals surface area contributed by atoms with Gasteiger partial charge in [-0.05, 0) is 43.5 Å². The van der Waals surface area contributed by atoms with Crippen LogP contribution in [0.4, 0.5) is 10.3 Å². The number of carboxylic acids is 1. The van der Waals surface area contributed by atoms with Crippen molar-refractivity contribution >= 4 is 23.0 Å². The second kappa shape index (κ2) is 8.23. The molecule has 0 saturated heterocycles. The molecule has 29 heavy (non-hydrogen) atoms. The topological polar surface area (TPSA) is 67.2 Å². The quantitative estimate of drug-likeness (QED) is 0.545. The molecule has 1 heterocycles. The molecule has 0 spiro atoms. The van der Waals surface area contributed by atoms with Gasteiger partial charge in [-0.1, -0.05) is 43.9 Å². The zero-order valence-corrected chi connectivity index (χ0v) is 16.6. The molecule has 0 atom stereocenters. The molecule has 152 valence electrons. The lowest BCUT2D eigenvalue weighted by molar-refractivity contribution is 0.0697. The van der Waals surface area contributed by atoms with E-state index in [2.05, 4.69) is 9.88 Å². The van der Waals surface area contributed by atoms with Crippen molar-refractivity contribution in [2.45, 2.75) is 58.0 Å². The maximum absolute atomic E-state index is 14.4. The first kappa shape index (κ1) is 19.4. The first-order valence-electron chi connectivity index (χ1n) is 10.3. The third-order valence-corrected chi connectivity index (χ3v) is 5.84. The SMILES string of the molecule is Cc1cccc(CNc2nc3cc(C(=O)O)ccc3n2C2CCCCCC2)c1F. The molecule has 0 bridgehead atoms. The number of aryl methyl sites for hydroxylation is 1. The zero-order chi connectivity index (χ0) is 20.4. The van der Waals surface area contributed by atoms with Gasteiger partial charge in [0.2, 0.25) is 5.95 Å². The summed E-state index contributed by atoms with van der Waals surface area (Å²) in [4.78, 5) is 16.1. The number of carboxylic acid groups (broad SMARTS) is 1. The molecule has 6 heteroatoms. The lowest BCUT2D eigenvalue weighted by Crippen LogP contribution is -2.14. The fraction of sp³-hybridized carbons (Fsp3) is 0.391. The Labute approximate surface area is 169 Å². The van der Waals surface area contributed by atoms with E-state index in [1.54, 1.807) is 31.2 Å². The zero-order valence-electron chi connectivity index (χ0n) is 16.6. The van der Waals surface area contributed by atoms with E-state index in [-0.39, 0.29) is 11.4 Å². The largest absolute Gasteiger partial charge is 0.478 e. The van der Waals surface area contributed by atoms with Gasteiger partial charge in [0.1, 0.15) is 5.82 Å². The Hall–Kier alpha value is -2.89. The molecule has 2 N–H and O–H groups in total. The minimum absolute atomic E-state index is 0.203. The van der Waals surface area contributed by atoms with Crippen molar-refractivity contribution in [2.75, 3.05) is 5.32 Å². The molecule has 1 aliphatic carbocycles. The number of hydrogen-bond acceptors (Lipinski definition) is 3. The number of carbonyl (C=O) groups is 1. The molecular weight excluding hydrogens is 369 g/mol. The van der Waals surface area contributed by atoms with Crippen LogP contribution in [0, 0.1) is 12.7 Å². The molecule has 2 aromatic carbocycles. The molecule has 1 aromatic heterocycles. The number of aromatic carboxylic acids is 1. The fourth-order valence-electron chi connectivity index (χ4n) is 4.26. The highest BCUT2D eigenvalue weighted by atomic mass is 19.1. The third-order valence-electron chi connectivity index (χ3n) is 5.84. The van der Waals surface area contributed by atoms with Crippen LogP contribution in [0.3, 0.4) is 0 Å². The summed E-state index contributed by atoms with van der Waals surface area (Å²) in [6.07, 6.45) is 6.96. The fourth-order valence-corrected chi connectivity index (χ4v) is 4.26. The van der Waals surface area contributed by atoms with Crippen LogP contribution in [-0.2, 0) is 6.54 Å². The summed E-state index contributed by atoms with van der Waals surface area (Å²) >= 11 is 0. The Bertz CT molecular complexity index is 1040. The summed E-state index contributed by atoms with van der Waals surface area (Å²) < 4.78 is 16.6. The van der Waals surface area contributed by atoms with Crippen molar-refractivity contribution in [3.63, 3.8) is 0 Å². The molecule has 4 rings (SSSR count). The number of benzene rings is 2. The molecule has 1 aliphatic rings. The molecule has 1 fully saturated rings. The Morgan fingerprint density at radius 1 is 1.21 bits per heavy atom. The van der Waals surface area contributed by atoms with E-state index in [0.29, 0.717) is 35.2 Å². The number of halogens is 1. The molecule has 0 amide bonds. The molecule has 5 nitrogen and oxygen atoms in total. The van der Waals surface area contributed by atoms with Gasteiger partial charge in [0.05, 0.1) is 16.6 Å². The predicted molar refractivity (Wildman–Crippen MR) is 112 cm³/mol. The first-order chi connectivity index (χ1) is 14.0. The Balaban J connectivity index is 1.73. The molecular formula is C23H26FN3O2. The van der Waals surface area contributed by atoms with Gasteiger partial charge in [-0.3, -0.25) is 0 Å². The number of anilines is 1. The highest BCUT2D eigenvalue weighted by Gasteiger charge is 2.21. The van der Waals surface area contributed by atoms with Gasteiger partial charge < -0.3 is 15.0 Å². The monoisotopic (exact) mass is 395 g/mol. The second-order valence-corrected chi connectivity index (χ2v) is 7.86. The van der Waals surface area contributed by atoms with E-state index in [1.807, 2.05) is 12.1 Å². The summed E-state index contributed by atoms with van der Waals surface area (Å²) in [5, 5.41) is 12.6. The van der Waals surface area contributed by atoms with Crippen LogP contribution in [-0.4, -0.2) is 20.6 Å². The van der Waals surface area contributed by atoms with Crippen LogP contribution in [0.2, 0.25) is 0 Å². The van der Waals surface area contributed by atoms with Crippen molar-refractivity contribution < 1.29 is 14.3 Å². The predicted octanol–water partition coefficient (Wildman–Crippen LogP) is 5.69. The highest BCUT2D eigenvalue weighted by Crippen LogP contribution is 2.34. The number of nitrogens with zero attached hydrogens (tertiary/aromatic N) is 2. The average molecular weight is 395 g/mol. The summed E-state index contributed by atoms with van der Waals surface area (Å²) in [7, 11) is 0. The standard InChI is InChI=1S/C23H26FN3O2/c1-15-7-6-8-17(21(15)24)14-25-23-26-19-13-16(22(28)29)11-12-20(19)27(23)18-9-4-2-3-5-10-18/h6-8,11-13,18H,2-5,9-10,14H2,1H3,(H,25,26)(H,28,29). The molecule has 3 aromatic rings. The van der Waals surface area contributed by atoms with Gasteiger partial charge in [-0.15, -0.1) is 0 Å². The number of aromatic nitrogens is 2. The third kappa shape index (κ3) is 3.97. The lowest BCUT2D eigenvalue weighted by atomic mass is 10.1. The van der Waals surface area contributed by atoms with Crippen LogP contribution in [0.1, 0.15) is 66.1 Å². The van der Waals surface area contributed by atoms with Crippen LogP contribution < -0.4 is 5.32 Å². The van der Waals surface area contributed by atoms with Gasteiger partial charge in [-0.25, -0.2) is 14.2 Å². The summed E-state index contributed by atoms with van der Waals surface area (Å²) in [5.41, 5.74) is 3.01. The van der Waals surface area contributed by atoms with E-state index in [0.717, 1.165) is 18.4 Å². The Morgan fingerprint density at radius 2 is 1.97 bits per heavy atom. The molecule has 1 saturated carbocycles. The van der Waals surface area contributed by atoms with E-state index >= 15 is 0 Å². The average Bonchev–Trinajstić information content (AvgIpc) is 2.87. The van der Waals surface area contributed by atoms with Crippen molar-refractivity contribution in [3.05, 3.63) is 58.9 Å². The Morgan fingerprint density at radius 3 is 2.69 bits per heavy atom. The molecule has 0 unspecified atom stereocenters. The Kier molecular flexibility index (Phi) is 5.51. The van der Waals surface area contributed by atoms with Crippen LogP contribution in [0.25, 0.3) is 11.0 Å². The van der Waals surface area contributed by atoms with Crippen molar-refractivity contribution in [1.29, 1.82) is 0 Å². The maximum Gasteiger partial charge on any atom is 0.335 e.